The van der Waals surface area contributed by atoms with Gasteiger partial charge in [0.15, 0.2) is 0 Å². The number of aryl methyl sites for hydroxylation is 1. The van der Waals surface area contributed by atoms with Crippen LogP contribution in [0.5, 0.6) is 0 Å². The first-order valence-corrected chi connectivity index (χ1v) is 5.04. The summed E-state index contributed by atoms with van der Waals surface area (Å²) in [6.07, 6.45) is -4.87. The largest absolute Gasteiger partial charge is 0.390 e. The molecule has 80 valence electrons. The van der Waals surface area contributed by atoms with E-state index in [9.17, 15) is 13.2 Å². The molecular weight excluding hydrogens is 213 g/mol. The lowest BCUT2D eigenvalue weighted by Gasteiger charge is -2.06. The van der Waals surface area contributed by atoms with Crippen molar-refractivity contribution in [3.8, 4) is 0 Å². The predicted octanol–water partition coefficient (Wildman–Crippen LogP) is 2.49. The number of rotatable bonds is 4. The summed E-state index contributed by atoms with van der Waals surface area (Å²) >= 11 is 1.49. The van der Waals surface area contributed by atoms with Gasteiger partial charge in [0.1, 0.15) is 0 Å². The highest BCUT2D eigenvalue weighted by molar-refractivity contribution is 7.09. The summed E-state index contributed by atoms with van der Waals surface area (Å²) < 4.78 is 35.2. The highest BCUT2D eigenvalue weighted by Gasteiger charge is 2.25. The number of nitrogens with zero attached hydrogens (tertiary/aromatic N) is 1. The molecule has 0 fully saturated rings. The molecule has 0 atom stereocenters. The van der Waals surface area contributed by atoms with Crippen LogP contribution < -0.4 is 5.32 Å². The summed E-state index contributed by atoms with van der Waals surface area (Å²) in [4.78, 5) is 4.12. The summed E-state index contributed by atoms with van der Waals surface area (Å²) in [6.45, 7) is 2.21. The molecule has 0 spiro atoms. The van der Waals surface area contributed by atoms with Crippen LogP contribution in [-0.2, 0) is 6.54 Å². The molecule has 6 heteroatoms. The normalized spacial score (nSPS) is 12.0. The summed E-state index contributed by atoms with van der Waals surface area (Å²) in [6, 6.07) is 0. The SMILES string of the molecule is Cc1nc(CNCCC(F)(F)F)cs1. The predicted molar refractivity (Wildman–Crippen MR) is 49.2 cm³/mol. The first-order chi connectivity index (χ1) is 6.47. The summed E-state index contributed by atoms with van der Waals surface area (Å²) in [5.41, 5.74) is 0.801. The van der Waals surface area contributed by atoms with Crippen LogP contribution in [0, 0.1) is 6.92 Å². The zero-order chi connectivity index (χ0) is 10.6. The topological polar surface area (TPSA) is 24.9 Å². The Balaban J connectivity index is 2.16. The maximum absolute atomic E-state index is 11.7. The van der Waals surface area contributed by atoms with Crippen molar-refractivity contribution in [3.63, 3.8) is 0 Å². The summed E-state index contributed by atoms with van der Waals surface area (Å²) in [5.74, 6) is 0. The molecule has 0 aliphatic rings. The van der Waals surface area contributed by atoms with Crippen molar-refractivity contribution < 1.29 is 13.2 Å². The van der Waals surface area contributed by atoms with Crippen LogP contribution in [0.15, 0.2) is 5.38 Å². The monoisotopic (exact) mass is 224 g/mol. The number of thiazole rings is 1. The van der Waals surface area contributed by atoms with E-state index < -0.39 is 12.6 Å². The van der Waals surface area contributed by atoms with Gasteiger partial charge in [-0.05, 0) is 6.92 Å². The van der Waals surface area contributed by atoms with Gasteiger partial charge in [0, 0.05) is 18.5 Å². The second-order valence-corrected chi connectivity index (χ2v) is 3.96. The Hall–Kier alpha value is -0.620. The number of halogens is 3. The van der Waals surface area contributed by atoms with Gasteiger partial charge in [0.25, 0.3) is 0 Å². The van der Waals surface area contributed by atoms with Crippen molar-refractivity contribution in [2.45, 2.75) is 26.1 Å². The van der Waals surface area contributed by atoms with E-state index >= 15 is 0 Å². The zero-order valence-electron chi connectivity index (χ0n) is 7.69. The quantitative estimate of drug-likeness (QED) is 0.795. The number of hydrogen-bond acceptors (Lipinski definition) is 3. The average Bonchev–Trinajstić information content (AvgIpc) is 2.44. The van der Waals surface area contributed by atoms with Gasteiger partial charge in [0.2, 0.25) is 0 Å². The molecule has 2 nitrogen and oxygen atoms in total. The van der Waals surface area contributed by atoms with Crippen LogP contribution in [0.2, 0.25) is 0 Å². The van der Waals surface area contributed by atoms with Gasteiger partial charge in [-0.2, -0.15) is 13.2 Å². The van der Waals surface area contributed by atoms with E-state index in [1.165, 1.54) is 11.3 Å². The van der Waals surface area contributed by atoms with Gasteiger partial charge in [-0.25, -0.2) is 4.98 Å². The zero-order valence-corrected chi connectivity index (χ0v) is 8.50. The minimum atomic E-state index is -4.08. The van der Waals surface area contributed by atoms with Gasteiger partial charge in [-0.15, -0.1) is 11.3 Å². The minimum absolute atomic E-state index is 0.0555. The Morgan fingerprint density at radius 2 is 2.21 bits per heavy atom. The first kappa shape index (κ1) is 11.5. The summed E-state index contributed by atoms with van der Waals surface area (Å²) in [7, 11) is 0. The number of aromatic nitrogens is 1. The molecule has 1 N–H and O–H groups in total. The molecule has 14 heavy (non-hydrogen) atoms. The van der Waals surface area contributed by atoms with Crippen LogP contribution in [0.25, 0.3) is 0 Å². The minimum Gasteiger partial charge on any atom is -0.311 e. The molecule has 0 saturated carbocycles. The molecule has 0 saturated heterocycles. The fourth-order valence-corrected chi connectivity index (χ4v) is 1.55. The fourth-order valence-electron chi connectivity index (χ4n) is 0.936. The van der Waals surface area contributed by atoms with Gasteiger partial charge in [-0.3, -0.25) is 0 Å². The smallest absolute Gasteiger partial charge is 0.311 e. The maximum Gasteiger partial charge on any atom is 0.390 e. The van der Waals surface area contributed by atoms with Gasteiger partial charge >= 0.3 is 6.18 Å². The van der Waals surface area contributed by atoms with Crippen LogP contribution in [0.1, 0.15) is 17.1 Å². The van der Waals surface area contributed by atoms with Gasteiger partial charge in [0.05, 0.1) is 17.1 Å². The van der Waals surface area contributed by atoms with Crippen LogP contribution in [-0.4, -0.2) is 17.7 Å². The lowest BCUT2D eigenvalue weighted by atomic mass is 10.4. The van der Waals surface area contributed by atoms with E-state index in [0.717, 1.165) is 10.7 Å². The van der Waals surface area contributed by atoms with Crippen LogP contribution in [0.4, 0.5) is 13.2 Å². The van der Waals surface area contributed by atoms with Crippen molar-refractivity contribution in [2.75, 3.05) is 6.54 Å². The third-order valence-electron chi connectivity index (χ3n) is 1.56. The second kappa shape index (κ2) is 4.75. The molecule has 1 aromatic rings. The molecule has 0 aliphatic heterocycles. The lowest BCUT2D eigenvalue weighted by molar-refractivity contribution is -0.133. The van der Waals surface area contributed by atoms with Crippen molar-refractivity contribution in [3.05, 3.63) is 16.1 Å². The molecule has 1 rings (SSSR count). The molecule has 0 unspecified atom stereocenters. The standard InChI is InChI=1S/C8H11F3N2S/c1-6-13-7(5-14-6)4-12-3-2-8(9,10)11/h5,12H,2-4H2,1H3. The van der Waals surface area contributed by atoms with Crippen molar-refractivity contribution >= 4 is 11.3 Å². The van der Waals surface area contributed by atoms with E-state index in [1.54, 1.807) is 0 Å². The fraction of sp³-hybridized carbons (Fsp3) is 0.625. The van der Waals surface area contributed by atoms with E-state index in [0.29, 0.717) is 6.54 Å². The average molecular weight is 224 g/mol. The Bertz CT molecular complexity index is 282. The molecule has 0 radical (unpaired) electrons. The number of hydrogen-bond donors (Lipinski definition) is 1. The Kier molecular flexibility index (Phi) is 3.88. The highest BCUT2D eigenvalue weighted by atomic mass is 32.1. The van der Waals surface area contributed by atoms with Gasteiger partial charge in [-0.1, -0.05) is 0 Å². The number of nitrogens with one attached hydrogen (secondary N) is 1. The third kappa shape index (κ3) is 4.57. The van der Waals surface area contributed by atoms with E-state index in [-0.39, 0.29) is 6.54 Å². The van der Waals surface area contributed by atoms with E-state index in [4.69, 9.17) is 0 Å². The first-order valence-electron chi connectivity index (χ1n) is 4.16. The third-order valence-corrected chi connectivity index (χ3v) is 2.38. The molecule has 0 bridgehead atoms. The van der Waals surface area contributed by atoms with Crippen LogP contribution >= 0.6 is 11.3 Å². The molecular formula is C8H11F3N2S. The van der Waals surface area contributed by atoms with Crippen molar-refractivity contribution in [1.29, 1.82) is 0 Å². The Morgan fingerprint density at radius 1 is 1.50 bits per heavy atom. The molecule has 0 aromatic carbocycles. The molecule has 0 amide bonds. The van der Waals surface area contributed by atoms with Crippen LogP contribution in [0.3, 0.4) is 0 Å². The van der Waals surface area contributed by atoms with Crippen molar-refractivity contribution in [1.82, 2.24) is 10.3 Å². The van der Waals surface area contributed by atoms with E-state index in [2.05, 4.69) is 10.3 Å². The Morgan fingerprint density at radius 3 is 2.71 bits per heavy atom. The number of alkyl halides is 3. The van der Waals surface area contributed by atoms with Crippen molar-refractivity contribution in [2.24, 2.45) is 0 Å². The van der Waals surface area contributed by atoms with Gasteiger partial charge < -0.3 is 5.32 Å². The maximum atomic E-state index is 11.7. The summed E-state index contributed by atoms with van der Waals surface area (Å²) in [5, 5.41) is 5.47. The highest BCUT2D eigenvalue weighted by Crippen LogP contribution is 2.18. The second-order valence-electron chi connectivity index (χ2n) is 2.90. The van der Waals surface area contributed by atoms with E-state index in [1.807, 2.05) is 12.3 Å². The Labute approximate surface area is 84.2 Å². The molecule has 1 aromatic heterocycles. The molecule has 1 heterocycles. The molecule has 0 aliphatic carbocycles. The lowest BCUT2D eigenvalue weighted by Crippen LogP contribution is -2.21.